The van der Waals surface area contributed by atoms with Crippen molar-refractivity contribution in [3.8, 4) is 0 Å². The van der Waals surface area contributed by atoms with Gasteiger partial charge in [-0.25, -0.2) is 4.98 Å². The van der Waals surface area contributed by atoms with E-state index in [0.29, 0.717) is 0 Å². The number of aromatic nitrogens is 2. The first-order valence-corrected chi connectivity index (χ1v) is 7.58. The van der Waals surface area contributed by atoms with Crippen LogP contribution in [0.4, 0.5) is 5.69 Å². The molecule has 0 fully saturated rings. The van der Waals surface area contributed by atoms with Crippen LogP contribution in [0.3, 0.4) is 0 Å². The highest BCUT2D eigenvalue weighted by Crippen LogP contribution is 2.36. The Balaban J connectivity index is 1.70. The summed E-state index contributed by atoms with van der Waals surface area (Å²) in [6.07, 6.45) is 2.84. The number of hydrogen-bond donors (Lipinski definition) is 1. The molecule has 2 aromatic rings. The van der Waals surface area contributed by atoms with Crippen molar-refractivity contribution in [3.05, 3.63) is 42.0 Å². The minimum absolute atomic E-state index is 0.0352. The molecule has 104 valence electrons. The minimum Gasteiger partial charge on any atom is -0.335 e. The lowest BCUT2D eigenvalue weighted by atomic mass is 10.2. The summed E-state index contributed by atoms with van der Waals surface area (Å²) in [7, 11) is 0. The summed E-state index contributed by atoms with van der Waals surface area (Å²) in [5.41, 5.74) is 1.95. The second-order valence-corrected chi connectivity index (χ2v) is 6.25. The molecular formula is C15H17N3OS. The van der Waals surface area contributed by atoms with Gasteiger partial charge < -0.3 is 9.88 Å². The van der Waals surface area contributed by atoms with Crippen LogP contribution in [0.15, 0.2) is 35.4 Å². The summed E-state index contributed by atoms with van der Waals surface area (Å²) in [5, 5.41) is 2.95. The maximum absolute atomic E-state index is 12.1. The number of amides is 1. The molecule has 5 heteroatoms. The molecule has 0 radical (unpaired) electrons. The molecule has 1 aliphatic rings. The lowest BCUT2D eigenvalue weighted by Gasteiger charge is -2.24. The number of aryl methyl sites for hydroxylation is 3. The normalized spacial score (nSPS) is 17.7. The van der Waals surface area contributed by atoms with Gasteiger partial charge in [0.2, 0.25) is 5.91 Å². The second-order valence-electron chi connectivity index (χ2n) is 5.00. The van der Waals surface area contributed by atoms with Crippen LogP contribution in [0.2, 0.25) is 0 Å². The van der Waals surface area contributed by atoms with Crippen LogP contribution in [0, 0.1) is 13.8 Å². The topological polar surface area (TPSA) is 46.9 Å². The highest BCUT2D eigenvalue weighted by molar-refractivity contribution is 8.01. The Morgan fingerprint density at radius 1 is 1.35 bits per heavy atom. The van der Waals surface area contributed by atoms with E-state index in [4.69, 9.17) is 0 Å². The molecule has 1 unspecified atom stereocenters. The van der Waals surface area contributed by atoms with Crippen LogP contribution in [0.25, 0.3) is 0 Å². The fourth-order valence-corrected chi connectivity index (χ4v) is 3.53. The molecule has 1 atom stereocenters. The number of rotatable bonds is 3. The zero-order valence-electron chi connectivity index (χ0n) is 11.6. The van der Waals surface area contributed by atoms with Gasteiger partial charge in [-0.05, 0) is 32.4 Å². The van der Waals surface area contributed by atoms with Gasteiger partial charge in [0.15, 0.2) is 0 Å². The predicted octanol–water partition coefficient (Wildman–Crippen LogP) is 3.00. The Kier molecular flexibility index (Phi) is 3.53. The average Bonchev–Trinajstić information content (AvgIpc) is 2.74. The van der Waals surface area contributed by atoms with Gasteiger partial charge in [-0.3, -0.25) is 4.79 Å². The molecule has 0 aliphatic carbocycles. The molecule has 0 saturated carbocycles. The third kappa shape index (κ3) is 2.58. The molecule has 3 rings (SSSR count). The van der Waals surface area contributed by atoms with Crippen molar-refractivity contribution >= 4 is 23.4 Å². The molecule has 0 saturated heterocycles. The summed E-state index contributed by atoms with van der Waals surface area (Å²) in [6, 6.07) is 7.94. The third-order valence-corrected chi connectivity index (χ3v) is 4.78. The van der Waals surface area contributed by atoms with Crippen molar-refractivity contribution in [1.82, 2.24) is 9.55 Å². The SMILES string of the molecule is Cc1cn(CCC2Sc3ccccc3NC2=O)c(C)n1. The van der Waals surface area contributed by atoms with Crippen LogP contribution in [0.1, 0.15) is 17.9 Å². The van der Waals surface area contributed by atoms with Gasteiger partial charge in [0.25, 0.3) is 0 Å². The first kappa shape index (κ1) is 13.2. The van der Waals surface area contributed by atoms with Gasteiger partial charge in [0.05, 0.1) is 16.6 Å². The lowest BCUT2D eigenvalue weighted by Crippen LogP contribution is -2.29. The van der Waals surface area contributed by atoms with Crippen LogP contribution < -0.4 is 5.32 Å². The number of carbonyl (C=O) groups excluding carboxylic acids is 1. The van der Waals surface area contributed by atoms with Crippen LogP contribution >= 0.6 is 11.8 Å². The maximum Gasteiger partial charge on any atom is 0.237 e. The lowest BCUT2D eigenvalue weighted by molar-refractivity contribution is -0.116. The number of nitrogens with one attached hydrogen (secondary N) is 1. The van der Waals surface area contributed by atoms with E-state index in [0.717, 1.165) is 35.1 Å². The number of benzene rings is 1. The van der Waals surface area contributed by atoms with E-state index >= 15 is 0 Å². The first-order chi connectivity index (χ1) is 9.63. The van der Waals surface area contributed by atoms with E-state index in [2.05, 4.69) is 20.9 Å². The van der Waals surface area contributed by atoms with Crippen LogP contribution in [-0.2, 0) is 11.3 Å². The number of para-hydroxylation sites is 1. The fourth-order valence-electron chi connectivity index (χ4n) is 2.43. The first-order valence-electron chi connectivity index (χ1n) is 6.70. The number of thioether (sulfide) groups is 1. The molecule has 0 spiro atoms. The number of anilines is 1. The Labute approximate surface area is 122 Å². The molecule has 1 aromatic carbocycles. The van der Waals surface area contributed by atoms with E-state index in [-0.39, 0.29) is 11.2 Å². The summed E-state index contributed by atoms with van der Waals surface area (Å²) in [5.74, 6) is 1.10. The van der Waals surface area contributed by atoms with E-state index in [1.165, 1.54) is 0 Å². The van der Waals surface area contributed by atoms with Crippen molar-refractivity contribution in [2.24, 2.45) is 0 Å². The molecule has 1 aromatic heterocycles. The molecule has 1 aliphatic heterocycles. The maximum atomic E-state index is 12.1. The van der Waals surface area contributed by atoms with Crippen LogP contribution in [0.5, 0.6) is 0 Å². The van der Waals surface area contributed by atoms with Gasteiger partial charge in [0.1, 0.15) is 5.82 Å². The van der Waals surface area contributed by atoms with Crippen molar-refractivity contribution in [2.75, 3.05) is 5.32 Å². The zero-order valence-corrected chi connectivity index (χ0v) is 12.4. The number of carbonyl (C=O) groups is 1. The Morgan fingerprint density at radius 2 is 2.15 bits per heavy atom. The largest absolute Gasteiger partial charge is 0.335 e. The predicted molar refractivity (Wildman–Crippen MR) is 81.0 cm³/mol. The average molecular weight is 287 g/mol. The molecule has 0 bridgehead atoms. The number of hydrogen-bond acceptors (Lipinski definition) is 3. The van der Waals surface area contributed by atoms with Gasteiger partial charge in [0, 0.05) is 17.6 Å². The summed E-state index contributed by atoms with van der Waals surface area (Å²) in [6.45, 7) is 4.80. The highest BCUT2D eigenvalue weighted by atomic mass is 32.2. The number of fused-ring (bicyclic) bond motifs is 1. The molecule has 1 amide bonds. The second kappa shape index (κ2) is 5.32. The molecule has 20 heavy (non-hydrogen) atoms. The van der Waals surface area contributed by atoms with Crippen molar-refractivity contribution in [1.29, 1.82) is 0 Å². The van der Waals surface area contributed by atoms with Gasteiger partial charge in [-0.15, -0.1) is 11.8 Å². The van der Waals surface area contributed by atoms with Gasteiger partial charge >= 0.3 is 0 Å². The van der Waals surface area contributed by atoms with Crippen molar-refractivity contribution < 1.29 is 4.79 Å². The zero-order chi connectivity index (χ0) is 14.1. The Hall–Kier alpha value is -1.75. The molecular weight excluding hydrogens is 270 g/mol. The standard InChI is InChI=1S/C15H17N3OS/c1-10-9-18(11(2)16-10)8-7-14-15(19)17-12-5-3-4-6-13(12)20-14/h3-6,9,14H,7-8H2,1-2H3,(H,17,19). The fraction of sp³-hybridized carbons (Fsp3) is 0.333. The van der Waals surface area contributed by atoms with Gasteiger partial charge in [-0.2, -0.15) is 0 Å². The Bertz CT molecular complexity index is 650. The van der Waals surface area contributed by atoms with Crippen molar-refractivity contribution in [2.45, 2.75) is 37.0 Å². The van der Waals surface area contributed by atoms with E-state index in [9.17, 15) is 4.79 Å². The van der Waals surface area contributed by atoms with E-state index < -0.39 is 0 Å². The number of imidazole rings is 1. The monoisotopic (exact) mass is 287 g/mol. The third-order valence-electron chi connectivity index (χ3n) is 3.44. The smallest absolute Gasteiger partial charge is 0.237 e. The summed E-state index contributed by atoms with van der Waals surface area (Å²) in [4.78, 5) is 17.6. The summed E-state index contributed by atoms with van der Waals surface area (Å²) < 4.78 is 2.11. The van der Waals surface area contributed by atoms with E-state index in [1.807, 2.05) is 38.2 Å². The van der Waals surface area contributed by atoms with E-state index in [1.54, 1.807) is 11.8 Å². The molecule has 1 N–H and O–H groups in total. The molecule has 4 nitrogen and oxygen atoms in total. The minimum atomic E-state index is -0.0352. The highest BCUT2D eigenvalue weighted by Gasteiger charge is 2.26. The molecule has 2 heterocycles. The van der Waals surface area contributed by atoms with Gasteiger partial charge in [-0.1, -0.05) is 12.1 Å². The summed E-state index contributed by atoms with van der Waals surface area (Å²) >= 11 is 1.65. The Morgan fingerprint density at radius 3 is 2.90 bits per heavy atom. The number of nitrogens with zero attached hydrogens (tertiary/aromatic N) is 2. The quantitative estimate of drug-likeness (QED) is 0.944. The van der Waals surface area contributed by atoms with Crippen molar-refractivity contribution in [3.63, 3.8) is 0 Å². The van der Waals surface area contributed by atoms with Crippen LogP contribution in [-0.4, -0.2) is 20.7 Å².